The molecule has 1 aliphatic rings. The summed E-state index contributed by atoms with van der Waals surface area (Å²) >= 11 is 0. The van der Waals surface area contributed by atoms with Crippen molar-refractivity contribution in [2.24, 2.45) is 0 Å². The third kappa shape index (κ3) is 4.91. The fourth-order valence-electron chi connectivity index (χ4n) is 2.86. The van der Waals surface area contributed by atoms with Gasteiger partial charge in [0.15, 0.2) is 6.10 Å². The fraction of sp³-hybridized carbons (Fsp3) is 0.300. The average Bonchev–Trinajstić information content (AvgIpc) is 2.71. The van der Waals surface area contributed by atoms with E-state index in [0.29, 0.717) is 25.4 Å². The van der Waals surface area contributed by atoms with Crippen LogP contribution in [0.1, 0.15) is 0 Å². The van der Waals surface area contributed by atoms with Crippen molar-refractivity contribution < 1.29 is 19.1 Å². The van der Waals surface area contributed by atoms with Crippen LogP contribution in [-0.4, -0.2) is 51.2 Å². The van der Waals surface area contributed by atoms with E-state index in [1.165, 1.54) is 0 Å². The van der Waals surface area contributed by atoms with E-state index in [2.05, 4.69) is 10.6 Å². The lowest BCUT2D eigenvalue weighted by Gasteiger charge is -2.34. The standard InChI is InChI=1S/C20H23N3O4/c1-21-20(25)18-13-23(16-9-5-6-10-17(16)27-18)14-19(24)22-11-12-26-15-7-3-2-4-8-15/h2-10,18H,11-14H2,1H3,(H,21,25)(H,22,24)/t18-/m0/s1. The Morgan fingerprint density at radius 2 is 1.89 bits per heavy atom. The highest BCUT2D eigenvalue weighted by Gasteiger charge is 2.30. The van der Waals surface area contributed by atoms with Crippen molar-refractivity contribution >= 4 is 17.5 Å². The number of likely N-dealkylation sites (N-methyl/N-ethyl adjacent to an activating group) is 1. The Morgan fingerprint density at radius 1 is 1.15 bits per heavy atom. The van der Waals surface area contributed by atoms with Crippen molar-refractivity contribution in [1.29, 1.82) is 0 Å². The summed E-state index contributed by atoms with van der Waals surface area (Å²) in [5, 5.41) is 5.43. The van der Waals surface area contributed by atoms with Gasteiger partial charge in [0, 0.05) is 7.05 Å². The zero-order valence-corrected chi connectivity index (χ0v) is 15.2. The summed E-state index contributed by atoms with van der Waals surface area (Å²) in [7, 11) is 1.57. The first-order valence-electron chi connectivity index (χ1n) is 8.84. The van der Waals surface area contributed by atoms with Gasteiger partial charge in [-0.2, -0.15) is 0 Å². The maximum Gasteiger partial charge on any atom is 0.262 e. The smallest absolute Gasteiger partial charge is 0.262 e. The molecule has 0 spiro atoms. The molecule has 0 bridgehead atoms. The molecule has 0 saturated heterocycles. The van der Waals surface area contributed by atoms with Gasteiger partial charge >= 0.3 is 0 Å². The lowest BCUT2D eigenvalue weighted by molar-refractivity contribution is -0.127. The van der Waals surface area contributed by atoms with Crippen LogP contribution in [0.3, 0.4) is 0 Å². The number of nitrogens with zero attached hydrogens (tertiary/aromatic N) is 1. The number of hydrogen-bond donors (Lipinski definition) is 2. The van der Waals surface area contributed by atoms with Gasteiger partial charge in [-0.25, -0.2) is 0 Å². The fourth-order valence-corrected chi connectivity index (χ4v) is 2.86. The quantitative estimate of drug-likeness (QED) is 0.717. The summed E-state index contributed by atoms with van der Waals surface area (Å²) in [5.74, 6) is 1.00. The van der Waals surface area contributed by atoms with Crippen molar-refractivity contribution in [2.75, 3.05) is 38.2 Å². The number of rotatable bonds is 7. The van der Waals surface area contributed by atoms with Crippen LogP contribution in [-0.2, 0) is 9.59 Å². The molecule has 7 heteroatoms. The Hall–Kier alpha value is -3.22. The van der Waals surface area contributed by atoms with Crippen LogP contribution in [0.4, 0.5) is 5.69 Å². The summed E-state index contributed by atoms with van der Waals surface area (Å²) in [4.78, 5) is 26.2. The Labute approximate surface area is 158 Å². The number of para-hydroxylation sites is 3. The number of hydrogen-bond acceptors (Lipinski definition) is 5. The molecule has 1 heterocycles. The minimum absolute atomic E-state index is 0.138. The Bertz CT molecular complexity index is 782. The van der Waals surface area contributed by atoms with Gasteiger partial charge in [-0.1, -0.05) is 30.3 Å². The second kappa shape index (κ2) is 8.93. The predicted octanol–water partition coefficient (Wildman–Crippen LogP) is 1.20. The maximum absolute atomic E-state index is 12.3. The molecule has 0 fully saturated rings. The molecule has 27 heavy (non-hydrogen) atoms. The molecule has 142 valence electrons. The zero-order chi connectivity index (χ0) is 19.1. The molecule has 0 aliphatic carbocycles. The molecule has 2 aromatic rings. The SMILES string of the molecule is CNC(=O)[C@@H]1CN(CC(=O)NCCOc2ccccc2)c2ccccc2O1. The van der Waals surface area contributed by atoms with E-state index in [1.807, 2.05) is 53.4 Å². The van der Waals surface area contributed by atoms with E-state index >= 15 is 0 Å². The molecule has 7 nitrogen and oxygen atoms in total. The number of carbonyl (C=O) groups excluding carboxylic acids is 2. The van der Waals surface area contributed by atoms with Crippen LogP contribution in [0.5, 0.6) is 11.5 Å². The highest BCUT2D eigenvalue weighted by molar-refractivity contribution is 5.86. The minimum atomic E-state index is -0.654. The molecule has 3 rings (SSSR count). The van der Waals surface area contributed by atoms with Crippen LogP contribution in [0.2, 0.25) is 0 Å². The van der Waals surface area contributed by atoms with Gasteiger partial charge in [-0.05, 0) is 24.3 Å². The Balaban J connectivity index is 1.53. The average molecular weight is 369 g/mol. The first kappa shape index (κ1) is 18.6. The summed E-state index contributed by atoms with van der Waals surface area (Å²) in [6.45, 7) is 1.23. The van der Waals surface area contributed by atoms with Crippen molar-refractivity contribution in [3.63, 3.8) is 0 Å². The molecule has 0 radical (unpaired) electrons. The summed E-state index contributed by atoms with van der Waals surface area (Å²) in [6, 6.07) is 16.8. The van der Waals surface area contributed by atoms with E-state index in [0.717, 1.165) is 11.4 Å². The van der Waals surface area contributed by atoms with E-state index in [9.17, 15) is 9.59 Å². The second-order valence-electron chi connectivity index (χ2n) is 6.08. The van der Waals surface area contributed by atoms with Crippen LogP contribution >= 0.6 is 0 Å². The molecular formula is C20H23N3O4. The highest BCUT2D eigenvalue weighted by atomic mass is 16.5. The number of amides is 2. The van der Waals surface area contributed by atoms with Crippen LogP contribution in [0.15, 0.2) is 54.6 Å². The van der Waals surface area contributed by atoms with E-state index in [-0.39, 0.29) is 18.4 Å². The van der Waals surface area contributed by atoms with E-state index in [4.69, 9.17) is 9.47 Å². The van der Waals surface area contributed by atoms with Crippen molar-refractivity contribution in [3.8, 4) is 11.5 Å². The van der Waals surface area contributed by atoms with Gasteiger partial charge in [0.05, 0.1) is 25.3 Å². The summed E-state index contributed by atoms with van der Waals surface area (Å²) in [5.41, 5.74) is 0.799. The number of nitrogens with one attached hydrogen (secondary N) is 2. The molecule has 0 saturated carbocycles. The molecule has 1 aliphatic heterocycles. The molecular weight excluding hydrogens is 346 g/mol. The van der Waals surface area contributed by atoms with E-state index < -0.39 is 6.10 Å². The normalized spacial score (nSPS) is 15.3. The minimum Gasteiger partial charge on any atom is -0.492 e. The van der Waals surface area contributed by atoms with Crippen molar-refractivity contribution in [3.05, 3.63) is 54.6 Å². The first-order chi connectivity index (χ1) is 13.2. The van der Waals surface area contributed by atoms with Gasteiger partial charge in [-0.15, -0.1) is 0 Å². The maximum atomic E-state index is 12.3. The topological polar surface area (TPSA) is 79.9 Å². The molecule has 1 atom stereocenters. The van der Waals surface area contributed by atoms with Gasteiger partial charge < -0.3 is 25.0 Å². The van der Waals surface area contributed by atoms with E-state index in [1.54, 1.807) is 13.1 Å². The molecule has 0 unspecified atom stereocenters. The summed E-state index contributed by atoms with van der Waals surface area (Å²) < 4.78 is 11.3. The van der Waals surface area contributed by atoms with Gasteiger partial charge in [0.25, 0.3) is 5.91 Å². The van der Waals surface area contributed by atoms with Crippen molar-refractivity contribution in [2.45, 2.75) is 6.10 Å². The second-order valence-corrected chi connectivity index (χ2v) is 6.08. The van der Waals surface area contributed by atoms with Gasteiger partial charge in [-0.3, -0.25) is 9.59 Å². The molecule has 2 aromatic carbocycles. The number of carbonyl (C=O) groups is 2. The lowest BCUT2D eigenvalue weighted by atomic mass is 10.1. The predicted molar refractivity (Wildman–Crippen MR) is 102 cm³/mol. The number of anilines is 1. The molecule has 0 aromatic heterocycles. The zero-order valence-electron chi connectivity index (χ0n) is 15.2. The molecule has 2 amide bonds. The summed E-state index contributed by atoms with van der Waals surface area (Å²) in [6.07, 6.45) is -0.654. The number of ether oxygens (including phenoxy) is 2. The molecule has 2 N–H and O–H groups in total. The monoisotopic (exact) mass is 369 g/mol. The van der Waals surface area contributed by atoms with Gasteiger partial charge in [0.2, 0.25) is 5.91 Å². The van der Waals surface area contributed by atoms with Crippen LogP contribution < -0.4 is 25.0 Å². The third-order valence-corrected chi connectivity index (χ3v) is 4.17. The third-order valence-electron chi connectivity index (χ3n) is 4.17. The number of benzene rings is 2. The number of fused-ring (bicyclic) bond motifs is 1. The highest BCUT2D eigenvalue weighted by Crippen LogP contribution is 2.32. The van der Waals surface area contributed by atoms with Crippen molar-refractivity contribution in [1.82, 2.24) is 10.6 Å². The van der Waals surface area contributed by atoms with Gasteiger partial charge in [0.1, 0.15) is 18.1 Å². The largest absolute Gasteiger partial charge is 0.492 e. The first-order valence-corrected chi connectivity index (χ1v) is 8.84. The lowest BCUT2D eigenvalue weighted by Crippen LogP contribution is -2.50. The Morgan fingerprint density at radius 3 is 2.67 bits per heavy atom. The van der Waals surface area contributed by atoms with Crippen LogP contribution in [0.25, 0.3) is 0 Å². The Kier molecular flexibility index (Phi) is 6.14. The van der Waals surface area contributed by atoms with Crippen LogP contribution in [0, 0.1) is 0 Å².